The predicted octanol–water partition coefficient (Wildman–Crippen LogP) is 2.12. The quantitative estimate of drug-likeness (QED) is 0.830. The average Bonchev–Trinajstić information content (AvgIpc) is 3.07. The Bertz CT molecular complexity index is 837. The average molecular weight is 394 g/mol. The third kappa shape index (κ3) is 4.32. The van der Waals surface area contributed by atoms with E-state index in [4.69, 9.17) is 0 Å². The number of hydrogen-bond acceptors (Lipinski definition) is 4. The molecule has 2 fully saturated rings. The fourth-order valence-corrected chi connectivity index (χ4v) is 4.95. The second-order valence-electron chi connectivity index (χ2n) is 7.24. The van der Waals surface area contributed by atoms with Crippen molar-refractivity contribution in [1.82, 2.24) is 4.31 Å². The molecule has 1 aromatic carbocycles. The number of amides is 2. The number of carbonyl (C=O) groups is 2. The molecule has 0 bridgehead atoms. The molecule has 2 saturated heterocycles. The van der Waals surface area contributed by atoms with Crippen molar-refractivity contribution < 1.29 is 18.0 Å². The van der Waals surface area contributed by atoms with Crippen LogP contribution in [0.25, 0.3) is 0 Å². The van der Waals surface area contributed by atoms with Crippen molar-refractivity contribution in [3.8, 4) is 0 Å². The summed E-state index contributed by atoms with van der Waals surface area (Å²) in [4.78, 5) is 26.4. The molecule has 27 heavy (non-hydrogen) atoms. The predicted molar refractivity (Wildman–Crippen MR) is 105 cm³/mol. The minimum absolute atomic E-state index is 0.0528. The number of anilines is 2. The summed E-state index contributed by atoms with van der Waals surface area (Å²) >= 11 is 0. The van der Waals surface area contributed by atoms with Gasteiger partial charge in [0.2, 0.25) is 21.8 Å². The molecule has 2 amide bonds. The van der Waals surface area contributed by atoms with Gasteiger partial charge >= 0.3 is 0 Å². The number of rotatable bonds is 5. The van der Waals surface area contributed by atoms with Crippen LogP contribution < -0.4 is 10.2 Å². The van der Waals surface area contributed by atoms with Crippen LogP contribution in [-0.2, 0) is 19.6 Å². The molecule has 1 atom stereocenters. The molecule has 0 aromatic heterocycles. The first kappa shape index (κ1) is 19.8. The van der Waals surface area contributed by atoms with E-state index >= 15 is 0 Å². The SMILES string of the molecule is CCS(=O)(=O)N1CCCC(C(=O)Nc2ccc(N3CCCC3=O)c(C)c2)C1. The highest BCUT2D eigenvalue weighted by atomic mass is 32.2. The molecule has 0 radical (unpaired) electrons. The minimum atomic E-state index is -3.27. The van der Waals surface area contributed by atoms with Crippen LogP contribution >= 0.6 is 0 Å². The first-order valence-electron chi connectivity index (χ1n) is 9.51. The lowest BCUT2D eigenvalue weighted by atomic mass is 9.98. The van der Waals surface area contributed by atoms with Gasteiger partial charge in [-0.2, -0.15) is 0 Å². The van der Waals surface area contributed by atoms with E-state index in [0.29, 0.717) is 31.5 Å². The highest BCUT2D eigenvalue weighted by Gasteiger charge is 2.31. The zero-order valence-electron chi connectivity index (χ0n) is 15.9. The van der Waals surface area contributed by atoms with Gasteiger partial charge in [0.05, 0.1) is 11.7 Å². The second kappa shape index (κ2) is 7.98. The van der Waals surface area contributed by atoms with Crippen LogP contribution in [0.2, 0.25) is 0 Å². The fourth-order valence-electron chi connectivity index (χ4n) is 3.77. The number of hydrogen-bond donors (Lipinski definition) is 1. The molecule has 0 spiro atoms. The normalized spacial score (nSPS) is 21.5. The first-order valence-corrected chi connectivity index (χ1v) is 11.1. The lowest BCUT2D eigenvalue weighted by molar-refractivity contribution is -0.121. The Morgan fingerprint density at radius 3 is 2.67 bits per heavy atom. The smallest absolute Gasteiger partial charge is 0.228 e. The van der Waals surface area contributed by atoms with Crippen molar-refractivity contribution in [1.29, 1.82) is 0 Å². The monoisotopic (exact) mass is 393 g/mol. The molecule has 3 rings (SSSR count). The van der Waals surface area contributed by atoms with Crippen LogP contribution in [0.15, 0.2) is 18.2 Å². The largest absolute Gasteiger partial charge is 0.326 e. The zero-order chi connectivity index (χ0) is 19.6. The van der Waals surface area contributed by atoms with Crippen LogP contribution in [0.1, 0.15) is 38.2 Å². The number of piperidine rings is 1. The summed E-state index contributed by atoms with van der Waals surface area (Å²) < 4.78 is 25.6. The molecule has 1 unspecified atom stereocenters. The van der Waals surface area contributed by atoms with Crippen molar-refractivity contribution in [3.05, 3.63) is 23.8 Å². The summed E-state index contributed by atoms with van der Waals surface area (Å²) in [5.41, 5.74) is 2.48. The summed E-state index contributed by atoms with van der Waals surface area (Å²) in [6, 6.07) is 5.53. The maximum atomic E-state index is 12.6. The van der Waals surface area contributed by atoms with Crippen LogP contribution in [-0.4, -0.2) is 49.9 Å². The molecule has 2 aliphatic rings. The number of carbonyl (C=O) groups excluding carboxylic acids is 2. The summed E-state index contributed by atoms with van der Waals surface area (Å²) in [5.74, 6) is -0.318. The minimum Gasteiger partial charge on any atom is -0.326 e. The van der Waals surface area contributed by atoms with E-state index < -0.39 is 10.0 Å². The molecule has 2 heterocycles. The van der Waals surface area contributed by atoms with Crippen molar-refractivity contribution in [2.24, 2.45) is 5.92 Å². The van der Waals surface area contributed by atoms with Crippen molar-refractivity contribution >= 4 is 33.2 Å². The Labute approximate surface area is 160 Å². The number of aryl methyl sites for hydroxylation is 1. The van der Waals surface area contributed by atoms with E-state index in [-0.39, 0.29) is 30.0 Å². The molecule has 1 N–H and O–H groups in total. The van der Waals surface area contributed by atoms with Gasteiger partial charge in [0.15, 0.2) is 0 Å². The lowest BCUT2D eigenvalue weighted by Crippen LogP contribution is -2.44. The summed E-state index contributed by atoms with van der Waals surface area (Å²) in [6.45, 7) is 5.00. The molecule has 1 aromatic rings. The molecule has 8 heteroatoms. The van der Waals surface area contributed by atoms with Crippen LogP contribution in [0, 0.1) is 12.8 Å². The standard InChI is InChI=1S/C19H27N3O4S/c1-3-27(25,26)21-10-4-6-15(13-21)19(24)20-16-8-9-17(14(2)12-16)22-11-5-7-18(22)23/h8-9,12,15H,3-7,10-11,13H2,1-2H3,(H,20,24). The van der Waals surface area contributed by atoms with E-state index in [1.54, 1.807) is 17.9 Å². The van der Waals surface area contributed by atoms with Gasteiger partial charge in [-0.15, -0.1) is 0 Å². The van der Waals surface area contributed by atoms with E-state index in [1.807, 2.05) is 19.1 Å². The first-order chi connectivity index (χ1) is 12.8. The van der Waals surface area contributed by atoms with E-state index in [2.05, 4.69) is 5.32 Å². The molecular weight excluding hydrogens is 366 g/mol. The van der Waals surface area contributed by atoms with Crippen molar-refractivity contribution in [2.75, 3.05) is 35.6 Å². The lowest BCUT2D eigenvalue weighted by Gasteiger charge is -2.31. The zero-order valence-corrected chi connectivity index (χ0v) is 16.7. The van der Waals surface area contributed by atoms with Gasteiger partial charge in [-0.3, -0.25) is 9.59 Å². The van der Waals surface area contributed by atoms with Gasteiger partial charge in [-0.05, 0) is 56.9 Å². The van der Waals surface area contributed by atoms with Gasteiger partial charge in [-0.25, -0.2) is 12.7 Å². The van der Waals surface area contributed by atoms with Gasteiger partial charge in [0.1, 0.15) is 0 Å². The topological polar surface area (TPSA) is 86.8 Å². The van der Waals surface area contributed by atoms with Crippen molar-refractivity contribution in [2.45, 2.75) is 39.5 Å². The van der Waals surface area contributed by atoms with E-state index in [9.17, 15) is 18.0 Å². The molecule has 0 saturated carbocycles. The Morgan fingerprint density at radius 2 is 2.04 bits per heavy atom. The maximum Gasteiger partial charge on any atom is 0.228 e. The van der Waals surface area contributed by atoms with Gasteiger partial charge in [-0.1, -0.05) is 0 Å². The number of nitrogens with zero attached hydrogens (tertiary/aromatic N) is 2. The van der Waals surface area contributed by atoms with E-state index in [0.717, 1.165) is 24.2 Å². The number of sulfonamides is 1. The summed E-state index contributed by atoms with van der Waals surface area (Å²) in [6.07, 6.45) is 2.82. The molecule has 2 aliphatic heterocycles. The van der Waals surface area contributed by atoms with Crippen molar-refractivity contribution in [3.63, 3.8) is 0 Å². The Balaban J connectivity index is 1.67. The van der Waals surface area contributed by atoms with Crippen LogP contribution in [0.5, 0.6) is 0 Å². The van der Waals surface area contributed by atoms with E-state index in [1.165, 1.54) is 4.31 Å². The Kier molecular flexibility index (Phi) is 5.86. The summed E-state index contributed by atoms with van der Waals surface area (Å²) in [5, 5.41) is 2.91. The second-order valence-corrected chi connectivity index (χ2v) is 9.49. The third-order valence-electron chi connectivity index (χ3n) is 5.34. The highest BCUT2D eigenvalue weighted by Crippen LogP contribution is 2.28. The number of benzene rings is 1. The molecule has 148 valence electrons. The summed E-state index contributed by atoms with van der Waals surface area (Å²) in [7, 11) is -3.27. The fraction of sp³-hybridized carbons (Fsp3) is 0.579. The Hall–Kier alpha value is -1.93. The maximum absolute atomic E-state index is 12.6. The van der Waals surface area contributed by atoms with Gasteiger partial charge in [0, 0.05) is 37.4 Å². The van der Waals surface area contributed by atoms with Gasteiger partial charge < -0.3 is 10.2 Å². The molecule has 7 nitrogen and oxygen atoms in total. The third-order valence-corrected chi connectivity index (χ3v) is 7.19. The van der Waals surface area contributed by atoms with Gasteiger partial charge in [0.25, 0.3) is 0 Å². The number of nitrogens with one attached hydrogen (secondary N) is 1. The molecular formula is C19H27N3O4S. The molecule has 0 aliphatic carbocycles. The van der Waals surface area contributed by atoms with Crippen LogP contribution in [0.4, 0.5) is 11.4 Å². The van der Waals surface area contributed by atoms with Crippen LogP contribution in [0.3, 0.4) is 0 Å². The Morgan fingerprint density at radius 1 is 1.26 bits per heavy atom. The highest BCUT2D eigenvalue weighted by molar-refractivity contribution is 7.89.